The zero-order valence-corrected chi connectivity index (χ0v) is 15.4. The third kappa shape index (κ3) is 4.01. The summed E-state index contributed by atoms with van der Waals surface area (Å²) in [7, 11) is 0. The molecule has 140 valence electrons. The minimum Gasteiger partial charge on any atom is -0.316 e. The highest BCUT2D eigenvalue weighted by Crippen LogP contribution is 2.23. The molecule has 0 bridgehead atoms. The summed E-state index contributed by atoms with van der Waals surface area (Å²) in [6.45, 7) is 2.53. The molecular weight excluding hydrogens is 338 g/mol. The highest BCUT2D eigenvalue weighted by atomic mass is 16.2. The number of hydrogen-bond acceptors (Lipinski definition) is 4. The Morgan fingerprint density at radius 1 is 1.15 bits per heavy atom. The molecule has 1 aromatic carbocycles. The highest BCUT2D eigenvalue weighted by molar-refractivity contribution is 5.33. The fourth-order valence-corrected chi connectivity index (χ4v) is 3.71. The first-order valence-electron chi connectivity index (χ1n) is 9.68. The Kier molecular flexibility index (Phi) is 5.44. The Morgan fingerprint density at radius 3 is 2.78 bits per heavy atom. The van der Waals surface area contributed by atoms with Crippen LogP contribution in [0.25, 0.3) is 5.69 Å². The van der Waals surface area contributed by atoms with Gasteiger partial charge in [-0.25, -0.2) is 14.0 Å². The van der Waals surface area contributed by atoms with E-state index in [1.54, 1.807) is 15.4 Å². The van der Waals surface area contributed by atoms with E-state index in [1.807, 2.05) is 42.6 Å². The summed E-state index contributed by atoms with van der Waals surface area (Å²) in [5.74, 6) is 1.14. The molecule has 1 aliphatic heterocycles. The Labute approximate surface area is 158 Å². The molecule has 1 aliphatic rings. The van der Waals surface area contributed by atoms with E-state index >= 15 is 0 Å². The molecule has 3 aromatic rings. The van der Waals surface area contributed by atoms with Gasteiger partial charge in [-0.3, -0.25) is 4.98 Å². The predicted octanol–water partition coefficient (Wildman–Crippen LogP) is 2.53. The summed E-state index contributed by atoms with van der Waals surface area (Å²) in [4.78, 5) is 17.3. The second-order valence-electron chi connectivity index (χ2n) is 7.04. The molecule has 4 rings (SSSR count). The van der Waals surface area contributed by atoms with Crippen molar-refractivity contribution < 1.29 is 0 Å². The van der Waals surface area contributed by atoms with Crippen molar-refractivity contribution in [3.63, 3.8) is 0 Å². The van der Waals surface area contributed by atoms with Crippen LogP contribution in [-0.4, -0.2) is 32.4 Å². The van der Waals surface area contributed by atoms with E-state index in [0.29, 0.717) is 6.54 Å². The van der Waals surface area contributed by atoms with Gasteiger partial charge in [-0.15, -0.1) is 0 Å². The van der Waals surface area contributed by atoms with Crippen LogP contribution < -0.4 is 11.0 Å². The van der Waals surface area contributed by atoms with Gasteiger partial charge in [0.05, 0.1) is 5.69 Å². The lowest BCUT2D eigenvalue weighted by atomic mass is 9.99. The van der Waals surface area contributed by atoms with Gasteiger partial charge in [0.2, 0.25) is 0 Å². The molecule has 3 heterocycles. The summed E-state index contributed by atoms with van der Waals surface area (Å²) in [5.41, 5.74) is 2.03. The average molecular weight is 363 g/mol. The lowest BCUT2D eigenvalue weighted by Gasteiger charge is -2.22. The largest absolute Gasteiger partial charge is 0.350 e. The lowest BCUT2D eigenvalue weighted by Crippen LogP contribution is -2.31. The quantitative estimate of drug-likeness (QED) is 0.731. The first kappa shape index (κ1) is 17.7. The third-order valence-electron chi connectivity index (χ3n) is 5.10. The Bertz CT molecular complexity index is 911. The van der Waals surface area contributed by atoms with Crippen LogP contribution in [0.15, 0.2) is 59.7 Å². The van der Waals surface area contributed by atoms with Gasteiger partial charge in [-0.1, -0.05) is 24.3 Å². The molecule has 6 heteroatoms. The first-order valence-corrected chi connectivity index (χ1v) is 9.68. The first-order chi connectivity index (χ1) is 13.3. The second-order valence-corrected chi connectivity index (χ2v) is 7.04. The van der Waals surface area contributed by atoms with Crippen LogP contribution in [0.4, 0.5) is 0 Å². The Balaban J connectivity index is 1.60. The molecule has 1 atom stereocenters. The van der Waals surface area contributed by atoms with Gasteiger partial charge in [0.1, 0.15) is 5.82 Å². The van der Waals surface area contributed by atoms with E-state index in [4.69, 9.17) is 5.10 Å². The van der Waals surface area contributed by atoms with Crippen LogP contribution in [0.3, 0.4) is 0 Å². The van der Waals surface area contributed by atoms with Crippen LogP contribution in [0, 0.1) is 0 Å². The van der Waals surface area contributed by atoms with Crippen LogP contribution in [0.1, 0.15) is 36.6 Å². The van der Waals surface area contributed by atoms with Gasteiger partial charge < -0.3 is 5.32 Å². The van der Waals surface area contributed by atoms with Crippen molar-refractivity contribution in [2.24, 2.45) is 0 Å². The number of para-hydroxylation sites is 1. The number of pyridine rings is 1. The number of benzene rings is 1. The van der Waals surface area contributed by atoms with Crippen LogP contribution in [0.5, 0.6) is 0 Å². The normalized spacial score (nSPS) is 17.1. The Hall–Kier alpha value is -2.73. The summed E-state index contributed by atoms with van der Waals surface area (Å²) in [6.07, 6.45) is 7.58. The molecule has 1 saturated heterocycles. The number of aromatic nitrogens is 4. The summed E-state index contributed by atoms with van der Waals surface area (Å²) in [5, 5.41) is 8.19. The van der Waals surface area contributed by atoms with Crippen molar-refractivity contribution in [2.45, 2.75) is 38.1 Å². The minimum absolute atomic E-state index is 0.0482. The molecule has 0 spiro atoms. The molecule has 0 saturated carbocycles. The summed E-state index contributed by atoms with van der Waals surface area (Å²) < 4.78 is 3.43. The molecule has 0 amide bonds. The number of nitrogens with one attached hydrogen (secondary N) is 1. The Morgan fingerprint density at radius 2 is 2.04 bits per heavy atom. The third-order valence-corrected chi connectivity index (χ3v) is 5.10. The van der Waals surface area contributed by atoms with Crippen molar-refractivity contribution >= 4 is 0 Å². The predicted molar refractivity (Wildman–Crippen MR) is 105 cm³/mol. The maximum atomic E-state index is 13.1. The summed E-state index contributed by atoms with van der Waals surface area (Å²) >= 11 is 0. The summed E-state index contributed by atoms with van der Waals surface area (Å²) in [6, 6.07) is 13.9. The monoisotopic (exact) mass is 363 g/mol. The second kappa shape index (κ2) is 8.31. The minimum atomic E-state index is -0.0482. The van der Waals surface area contributed by atoms with Crippen LogP contribution >= 0.6 is 0 Å². The molecular formula is C21H25N5O. The number of nitrogens with zero attached hydrogens (tertiary/aromatic N) is 4. The lowest BCUT2D eigenvalue weighted by molar-refractivity contribution is 0.438. The smallest absolute Gasteiger partial charge is 0.316 e. The van der Waals surface area contributed by atoms with E-state index in [-0.39, 0.29) is 11.6 Å². The molecule has 0 unspecified atom stereocenters. The maximum Gasteiger partial charge on any atom is 0.350 e. The van der Waals surface area contributed by atoms with E-state index in [0.717, 1.165) is 50.3 Å². The molecule has 1 N–H and O–H groups in total. The molecule has 0 aliphatic carbocycles. The molecule has 6 nitrogen and oxygen atoms in total. The van der Waals surface area contributed by atoms with Crippen molar-refractivity contribution in [3.05, 3.63) is 76.7 Å². The van der Waals surface area contributed by atoms with Gasteiger partial charge in [0.25, 0.3) is 0 Å². The van der Waals surface area contributed by atoms with Gasteiger partial charge in [-0.2, -0.15) is 5.10 Å². The van der Waals surface area contributed by atoms with Crippen LogP contribution in [0.2, 0.25) is 0 Å². The van der Waals surface area contributed by atoms with E-state index in [2.05, 4.69) is 16.4 Å². The average Bonchev–Trinajstić information content (AvgIpc) is 3.06. The SMILES string of the molecule is O=c1n(CCCc2cccnc2)nc([C@H]2CCCNC2)n1-c1ccccc1. The number of rotatable bonds is 6. The topological polar surface area (TPSA) is 64.7 Å². The zero-order valence-electron chi connectivity index (χ0n) is 15.4. The number of aryl methyl sites for hydroxylation is 2. The number of piperidine rings is 1. The van der Waals surface area contributed by atoms with Crippen molar-refractivity contribution in [3.8, 4) is 5.69 Å². The molecule has 0 radical (unpaired) electrons. The van der Waals surface area contributed by atoms with Crippen molar-refractivity contribution in [1.82, 2.24) is 24.6 Å². The standard InChI is InChI=1S/C21H25N5O/c27-21-25(14-6-8-17-7-4-12-22-15-17)24-20(18-9-5-13-23-16-18)26(21)19-10-2-1-3-11-19/h1-4,7,10-12,15,18,23H,5-6,8-9,13-14,16H2/t18-/m0/s1. The molecule has 2 aromatic heterocycles. The zero-order chi connectivity index (χ0) is 18.5. The van der Waals surface area contributed by atoms with Gasteiger partial charge in [0, 0.05) is 31.4 Å². The van der Waals surface area contributed by atoms with Gasteiger partial charge in [0.15, 0.2) is 0 Å². The fourth-order valence-electron chi connectivity index (χ4n) is 3.71. The molecule has 27 heavy (non-hydrogen) atoms. The van der Waals surface area contributed by atoms with Crippen molar-refractivity contribution in [2.75, 3.05) is 13.1 Å². The maximum absolute atomic E-state index is 13.1. The van der Waals surface area contributed by atoms with E-state index < -0.39 is 0 Å². The fraction of sp³-hybridized carbons (Fsp3) is 0.381. The molecule has 1 fully saturated rings. The number of hydrogen-bond donors (Lipinski definition) is 1. The van der Waals surface area contributed by atoms with Gasteiger partial charge in [-0.05, 0) is 56.0 Å². The van der Waals surface area contributed by atoms with Gasteiger partial charge >= 0.3 is 5.69 Å². The van der Waals surface area contributed by atoms with E-state index in [9.17, 15) is 4.79 Å². The highest BCUT2D eigenvalue weighted by Gasteiger charge is 2.24. The van der Waals surface area contributed by atoms with Crippen LogP contribution in [-0.2, 0) is 13.0 Å². The van der Waals surface area contributed by atoms with Crippen molar-refractivity contribution in [1.29, 1.82) is 0 Å². The van der Waals surface area contributed by atoms with E-state index in [1.165, 1.54) is 5.56 Å².